The maximum Gasteiger partial charge on any atom is 0.207 e. The summed E-state index contributed by atoms with van der Waals surface area (Å²) in [5.41, 5.74) is 0. The minimum absolute atomic E-state index is 0.406. The molecule has 0 atom stereocenters. The summed E-state index contributed by atoms with van der Waals surface area (Å²) in [6.45, 7) is 2.87. The van der Waals surface area contributed by atoms with Gasteiger partial charge in [-0.15, -0.1) is 10.2 Å². The van der Waals surface area contributed by atoms with Gasteiger partial charge in [0, 0.05) is 0 Å². The molecule has 2 rings (SSSR count). The predicted octanol–water partition coefficient (Wildman–Crippen LogP) is 3.29. The molecular weight excluding hydrogens is 232 g/mol. The summed E-state index contributed by atoms with van der Waals surface area (Å²) in [5.74, 6) is 0.862. The first-order valence-electron chi connectivity index (χ1n) is 5.33. The van der Waals surface area contributed by atoms with Crippen LogP contribution >= 0.6 is 22.9 Å². The third kappa shape index (κ3) is 3.40. The zero-order valence-corrected chi connectivity index (χ0v) is 10.4. The maximum atomic E-state index is 5.78. The molecule has 15 heavy (non-hydrogen) atoms. The Morgan fingerprint density at radius 2 is 2.07 bits per heavy atom. The minimum Gasteiger partial charge on any atom is -0.371 e. The van der Waals surface area contributed by atoms with Crippen molar-refractivity contribution >= 4 is 22.9 Å². The lowest BCUT2D eigenvalue weighted by Crippen LogP contribution is -2.20. The SMILES string of the molecule is CC1CCC(OCc2nnc(Cl)s2)CC1. The highest BCUT2D eigenvalue weighted by Crippen LogP contribution is 2.26. The summed E-state index contributed by atoms with van der Waals surface area (Å²) < 4.78 is 6.27. The molecule has 1 aliphatic rings. The summed E-state index contributed by atoms with van der Waals surface area (Å²) in [6, 6.07) is 0. The monoisotopic (exact) mass is 246 g/mol. The normalized spacial score (nSPS) is 26.8. The summed E-state index contributed by atoms with van der Waals surface area (Å²) in [7, 11) is 0. The van der Waals surface area contributed by atoms with Crippen LogP contribution in [0, 0.1) is 5.92 Å². The topological polar surface area (TPSA) is 35.0 Å². The molecule has 1 aromatic heterocycles. The molecule has 3 nitrogen and oxygen atoms in total. The Morgan fingerprint density at radius 1 is 1.33 bits per heavy atom. The molecule has 5 heteroatoms. The maximum absolute atomic E-state index is 5.78. The molecule has 84 valence electrons. The Kier molecular flexibility index (Phi) is 3.94. The Hall–Kier alpha value is -0.190. The van der Waals surface area contributed by atoms with Crippen molar-refractivity contribution in [1.29, 1.82) is 0 Å². The van der Waals surface area contributed by atoms with Crippen LogP contribution in [-0.2, 0) is 11.3 Å². The lowest BCUT2D eigenvalue weighted by Gasteiger charge is -2.25. The lowest BCUT2D eigenvalue weighted by molar-refractivity contribution is 0.00849. The van der Waals surface area contributed by atoms with Crippen molar-refractivity contribution in [1.82, 2.24) is 10.2 Å². The van der Waals surface area contributed by atoms with Crippen LogP contribution in [0.2, 0.25) is 4.47 Å². The smallest absolute Gasteiger partial charge is 0.207 e. The highest BCUT2D eigenvalue weighted by Gasteiger charge is 2.18. The van der Waals surface area contributed by atoms with Gasteiger partial charge >= 0.3 is 0 Å². The molecule has 1 saturated carbocycles. The van der Waals surface area contributed by atoms with E-state index in [2.05, 4.69) is 17.1 Å². The third-order valence-corrected chi connectivity index (χ3v) is 3.84. The van der Waals surface area contributed by atoms with Crippen LogP contribution in [0.15, 0.2) is 0 Å². The second-order valence-electron chi connectivity index (χ2n) is 4.14. The minimum atomic E-state index is 0.406. The van der Waals surface area contributed by atoms with Gasteiger partial charge in [-0.2, -0.15) is 0 Å². The Balaban J connectivity index is 1.74. The van der Waals surface area contributed by atoms with Crippen LogP contribution in [-0.4, -0.2) is 16.3 Å². The predicted molar refractivity (Wildman–Crippen MR) is 61.1 cm³/mol. The molecular formula is C10H15ClN2OS. The molecule has 0 amide bonds. The van der Waals surface area contributed by atoms with Crippen molar-refractivity contribution in [2.45, 2.75) is 45.3 Å². The van der Waals surface area contributed by atoms with E-state index in [0.717, 1.165) is 10.9 Å². The van der Waals surface area contributed by atoms with Gasteiger partial charge in [-0.25, -0.2) is 0 Å². The summed E-state index contributed by atoms with van der Waals surface area (Å²) in [6.07, 6.45) is 5.31. The average Bonchev–Trinajstić information content (AvgIpc) is 2.64. The van der Waals surface area contributed by atoms with E-state index >= 15 is 0 Å². The van der Waals surface area contributed by atoms with Crippen molar-refractivity contribution in [2.75, 3.05) is 0 Å². The van der Waals surface area contributed by atoms with E-state index in [1.54, 1.807) is 0 Å². The molecule has 0 saturated heterocycles. The Labute approximate surface area is 98.8 Å². The molecule has 0 radical (unpaired) electrons. The first-order valence-corrected chi connectivity index (χ1v) is 6.53. The van der Waals surface area contributed by atoms with Crippen molar-refractivity contribution in [3.8, 4) is 0 Å². The van der Waals surface area contributed by atoms with Crippen molar-refractivity contribution in [3.63, 3.8) is 0 Å². The number of aromatic nitrogens is 2. The van der Waals surface area contributed by atoms with Gasteiger partial charge < -0.3 is 4.74 Å². The zero-order valence-electron chi connectivity index (χ0n) is 8.78. The van der Waals surface area contributed by atoms with Crippen LogP contribution in [0.3, 0.4) is 0 Å². The lowest BCUT2D eigenvalue weighted by atomic mass is 9.89. The summed E-state index contributed by atoms with van der Waals surface area (Å²) in [5, 5.41) is 8.55. The number of halogens is 1. The van der Waals surface area contributed by atoms with Crippen LogP contribution in [0.25, 0.3) is 0 Å². The fourth-order valence-corrected chi connectivity index (χ4v) is 2.67. The van der Waals surface area contributed by atoms with E-state index in [9.17, 15) is 0 Å². The molecule has 1 aromatic rings. The highest BCUT2D eigenvalue weighted by molar-refractivity contribution is 7.15. The largest absolute Gasteiger partial charge is 0.371 e. The Bertz CT molecular complexity index is 310. The fraction of sp³-hybridized carbons (Fsp3) is 0.800. The quantitative estimate of drug-likeness (QED) is 0.821. The summed E-state index contributed by atoms with van der Waals surface area (Å²) >= 11 is 7.09. The number of hydrogen-bond acceptors (Lipinski definition) is 4. The molecule has 1 fully saturated rings. The van der Waals surface area contributed by atoms with E-state index in [1.807, 2.05) is 0 Å². The van der Waals surface area contributed by atoms with E-state index in [1.165, 1.54) is 37.0 Å². The zero-order chi connectivity index (χ0) is 10.7. The molecule has 1 heterocycles. The second kappa shape index (κ2) is 5.23. The Morgan fingerprint density at radius 3 is 2.67 bits per heavy atom. The van der Waals surface area contributed by atoms with E-state index < -0.39 is 0 Å². The standard InChI is InChI=1S/C10H15ClN2OS/c1-7-2-4-8(5-3-7)14-6-9-12-13-10(11)15-9/h7-8H,2-6H2,1H3. The molecule has 0 aliphatic heterocycles. The molecule has 0 unspecified atom stereocenters. The van der Waals surface area contributed by atoms with Crippen LogP contribution < -0.4 is 0 Å². The fourth-order valence-electron chi connectivity index (χ4n) is 1.88. The van der Waals surface area contributed by atoms with Crippen LogP contribution in [0.1, 0.15) is 37.6 Å². The molecule has 0 N–H and O–H groups in total. The molecule has 1 aliphatic carbocycles. The van der Waals surface area contributed by atoms with Crippen LogP contribution in [0.5, 0.6) is 0 Å². The first-order chi connectivity index (χ1) is 7.24. The molecule has 0 aromatic carbocycles. The van der Waals surface area contributed by atoms with Gasteiger partial charge in [0.2, 0.25) is 4.47 Å². The van der Waals surface area contributed by atoms with Crippen molar-refractivity contribution < 1.29 is 4.74 Å². The number of nitrogens with zero attached hydrogens (tertiary/aromatic N) is 2. The first kappa shape index (κ1) is 11.3. The van der Waals surface area contributed by atoms with Gasteiger partial charge in [-0.05, 0) is 43.2 Å². The van der Waals surface area contributed by atoms with E-state index in [0.29, 0.717) is 17.2 Å². The second-order valence-corrected chi connectivity index (χ2v) is 5.79. The van der Waals surface area contributed by atoms with Gasteiger partial charge in [0.25, 0.3) is 0 Å². The summed E-state index contributed by atoms with van der Waals surface area (Å²) in [4.78, 5) is 0. The average molecular weight is 247 g/mol. The van der Waals surface area contributed by atoms with Crippen molar-refractivity contribution in [3.05, 3.63) is 9.47 Å². The number of ether oxygens (including phenoxy) is 1. The number of hydrogen-bond donors (Lipinski definition) is 0. The molecule has 0 bridgehead atoms. The van der Waals surface area contributed by atoms with E-state index in [4.69, 9.17) is 16.3 Å². The number of rotatable bonds is 3. The van der Waals surface area contributed by atoms with Crippen molar-refractivity contribution in [2.24, 2.45) is 5.92 Å². The van der Waals surface area contributed by atoms with Gasteiger partial charge in [0.15, 0.2) is 0 Å². The van der Waals surface area contributed by atoms with Crippen LogP contribution in [0.4, 0.5) is 0 Å². The highest BCUT2D eigenvalue weighted by atomic mass is 35.5. The van der Waals surface area contributed by atoms with Gasteiger partial charge in [0.05, 0.1) is 6.10 Å². The third-order valence-electron chi connectivity index (χ3n) is 2.85. The van der Waals surface area contributed by atoms with Gasteiger partial charge in [-0.1, -0.05) is 18.3 Å². The van der Waals surface area contributed by atoms with E-state index in [-0.39, 0.29) is 0 Å². The van der Waals surface area contributed by atoms with Gasteiger partial charge in [0.1, 0.15) is 11.6 Å². The van der Waals surface area contributed by atoms with Gasteiger partial charge in [-0.3, -0.25) is 0 Å². The molecule has 0 spiro atoms.